The Morgan fingerprint density at radius 1 is 1.16 bits per heavy atom. The number of halogens is 1. The van der Waals surface area contributed by atoms with Crippen LogP contribution in [0.4, 0.5) is 5.13 Å². The van der Waals surface area contributed by atoms with E-state index in [4.69, 9.17) is 14.1 Å². The van der Waals surface area contributed by atoms with Crippen LogP contribution in [-0.4, -0.2) is 49.6 Å². The number of para-hydroxylation sites is 1. The number of aromatic nitrogens is 1. The third-order valence-electron chi connectivity index (χ3n) is 5.34. The molecule has 6 nitrogen and oxygen atoms in total. The van der Waals surface area contributed by atoms with E-state index in [0.717, 1.165) is 21.2 Å². The molecule has 2 aromatic carbocycles. The first-order valence-corrected chi connectivity index (χ1v) is 11.2. The Labute approximate surface area is 198 Å². The number of aryl methyl sites for hydroxylation is 2. The van der Waals surface area contributed by atoms with Gasteiger partial charge in [0.2, 0.25) is 0 Å². The van der Waals surface area contributed by atoms with Gasteiger partial charge in [-0.25, -0.2) is 4.98 Å². The summed E-state index contributed by atoms with van der Waals surface area (Å²) in [5.74, 6) is 0.729. The van der Waals surface area contributed by atoms with E-state index in [-0.39, 0.29) is 24.1 Å². The van der Waals surface area contributed by atoms with Crippen LogP contribution in [-0.2, 0) is 0 Å². The summed E-state index contributed by atoms with van der Waals surface area (Å²) >= 11 is 1.53. The molecule has 0 saturated carbocycles. The summed E-state index contributed by atoms with van der Waals surface area (Å²) in [6.45, 7) is 7.83. The predicted octanol–water partition coefficient (Wildman–Crippen LogP) is 5.69. The van der Waals surface area contributed by atoms with Gasteiger partial charge in [0.05, 0.1) is 16.8 Å². The number of amides is 1. The first-order valence-electron chi connectivity index (χ1n) is 10.4. The maximum atomic E-state index is 13.6. The van der Waals surface area contributed by atoms with E-state index in [1.54, 1.807) is 11.0 Å². The monoisotopic (exact) mass is 473 g/mol. The molecular formula is C24H28ClN3O3S. The summed E-state index contributed by atoms with van der Waals surface area (Å²) < 4.78 is 12.7. The molecule has 0 radical (unpaired) electrons. The van der Waals surface area contributed by atoms with Crippen LogP contribution in [0.3, 0.4) is 0 Å². The topological polar surface area (TPSA) is 58.8 Å². The van der Waals surface area contributed by atoms with Crippen molar-refractivity contribution in [3.8, 4) is 5.75 Å². The molecule has 4 rings (SSSR count). The second-order valence-corrected chi connectivity index (χ2v) is 8.84. The number of hydrogen-bond acceptors (Lipinski definition) is 6. The molecule has 8 heteroatoms. The van der Waals surface area contributed by atoms with Gasteiger partial charge in [-0.3, -0.25) is 9.69 Å². The molecule has 170 valence electrons. The molecule has 1 amide bonds. The van der Waals surface area contributed by atoms with Crippen molar-refractivity contribution in [2.45, 2.75) is 20.8 Å². The number of likely N-dealkylation sites (N-methyl/N-ethyl adjacent to an activating group) is 1. The highest BCUT2D eigenvalue weighted by Gasteiger charge is 2.25. The van der Waals surface area contributed by atoms with Gasteiger partial charge >= 0.3 is 0 Å². The van der Waals surface area contributed by atoms with E-state index in [0.29, 0.717) is 36.2 Å². The van der Waals surface area contributed by atoms with Crippen LogP contribution in [0.2, 0.25) is 0 Å². The van der Waals surface area contributed by atoms with Crippen molar-refractivity contribution in [1.29, 1.82) is 0 Å². The fraction of sp³-hybridized carbons (Fsp3) is 0.333. The molecule has 0 aliphatic rings. The van der Waals surface area contributed by atoms with Crippen LogP contribution in [0.15, 0.2) is 40.8 Å². The lowest BCUT2D eigenvalue weighted by molar-refractivity contribution is 0.0960. The number of carbonyl (C=O) groups is 1. The van der Waals surface area contributed by atoms with Gasteiger partial charge in [-0.2, -0.15) is 0 Å². The third kappa shape index (κ3) is 4.60. The zero-order chi connectivity index (χ0) is 22.1. The number of carbonyl (C=O) groups excluding carboxylic acids is 1. The normalized spacial score (nSPS) is 11.2. The van der Waals surface area contributed by atoms with Crippen LogP contribution in [0, 0.1) is 13.8 Å². The summed E-state index contributed by atoms with van der Waals surface area (Å²) in [4.78, 5) is 22.2. The van der Waals surface area contributed by atoms with Crippen molar-refractivity contribution in [3.05, 3.63) is 53.3 Å². The minimum Gasteiger partial charge on any atom is -0.490 e. The van der Waals surface area contributed by atoms with Gasteiger partial charge in [0.1, 0.15) is 0 Å². The van der Waals surface area contributed by atoms with Crippen molar-refractivity contribution in [2.75, 3.05) is 38.7 Å². The minimum absolute atomic E-state index is 0. The SMILES string of the molecule is CCOc1cccc2cc(C(=O)N(CCN(C)C)c3nc4c(C)c(C)ccc4s3)oc12.Cl. The number of fused-ring (bicyclic) bond motifs is 2. The van der Waals surface area contributed by atoms with E-state index in [1.165, 1.54) is 16.9 Å². The Kier molecular flexibility index (Phi) is 7.44. The molecule has 2 heterocycles. The molecule has 0 aliphatic carbocycles. The molecule has 0 spiro atoms. The number of thiazole rings is 1. The molecule has 0 unspecified atom stereocenters. The Bertz CT molecular complexity index is 1250. The number of nitrogens with zero attached hydrogens (tertiary/aromatic N) is 3. The molecular weight excluding hydrogens is 446 g/mol. The first kappa shape index (κ1) is 24.0. The first-order chi connectivity index (χ1) is 14.9. The predicted molar refractivity (Wildman–Crippen MR) is 134 cm³/mol. The van der Waals surface area contributed by atoms with E-state index >= 15 is 0 Å². The molecule has 0 atom stereocenters. The lowest BCUT2D eigenvalue weighted by atomic mass is 10.1. The zero-order valence-corrected chi connectivity index (χ0v) is 20.6. The lowest BCUT2D eigenvalue weighted by Crippen LogP contribution is -2.36. The number of furan rings is 1. The molecule has 0 saturated heterocycles. The quantitative estimate of drug-likeness (QED) is 0.345. The van der Waals surface area contributed by atoms with E-state index in [2.05, 4.69) is 30.9 Å². The van der Waals surface area contributed by atoms with Crippen LogP contribution >= 0.6 is 23.7 Å². The highest BCUT2D eigenvalue weighted by atomic mass is 35.5. The summed E-state index contributed by atoms with van der Waals surface area (Å²) in [5, 5.41) is 1.53. The molecule has 32 heavy (non-hydrogen) atoms. The molecule has 2 aromatic heterocycles. The highest BCUT2D eigenvalue weighted by molar-refractivity contribution is 7.22. The number of ether oxygens (including phenoxy) is 1. The van der Waals surface area contributed by atoms with E-state index in [1.807, 2.05) is 39.2 Å². The molecule has 0 fully saturated rings. The van der Waals surface area contributed by atoms with Crippen LogP contribution in [0.25, 0.3) is 21.2 Å². The smallest absolute Gasteiger partial charge is 0.295 e. The average molecular weight is 474 g/mol. The third-order valence-corrected chi connectivity index (χ3v) is 6.38. The van der Waals surface area contributed by atoms with Gasteiger partial charge < -0.3 is 14.1 Å². The largest absolute Gasteiger partial charge is 0.490 e. The van der Waals surface area contributed by atoms with E-state index in [9.17, 15) is 4.79 Å². The average Bonchev–Trinajstić information content (AvgIpc) is 3.36. The number of rotatable bonds is 7. The van der Waals surface area contributed by atoms with Crippen molar-refractivity contribution >= 4 is 56.0 Å². The summed E-state index contributed by atoms with van der Waals surface area (Å²) in [5.41, 5.74) is 3.88. The van der Waals surface area contributed by atoms with Gasteiger partial charge in [0.15, 0.2) is 22.2 Å². The summed E-state index contributed by atoms with van der Waals surface area (Å²) in [6, 6.07) is 11.6. The molecule has 4 aromatic rings. The second-order valence-electron chi connectivity index (χ2n) is 7.83. The van der Waals surface area contributed by atoms with Gasteiger partial charge in [-0.15, -0.1) is 12.4 Å². The maximum Gasteiger partial charge on any atom is 0.295 e. The molecule has 0 bridgehead atoms. The fourth-order valence-corrected chi connectivity index (χ4v) is 4.51. The Hall–Kier alpha value is -2.61. The zero-order valence-electron chi connectivity index (χ0n) is 19.0. The number of hydrogen-bond donors (Lipinski definition) is 0. The Morgan fingerprint density at radius 3 is 2.66 bits per heavy atom. The Morgan fingerprint density at radius 2 is 1.94 bits per heavy atom. The minimum atomic E-state index is -0.200. The molecule has 0 aliphatic heterocycles. The maximum absolute atomic E-state index is 13.6. The summed E-state index contributed by atoms with van der Waals surface area (Å²) in [7, 11) is 3.98. The highest BCUT2D eigenvalue weighted by Crippen LogP contribution is 2.34. The molecule has 0 N–H and O–H groups in total. The Balaban J connectivity index is 0.00000289. The van der Waals surface area contributed by atoms with Crippen LogP contribution < -0.4 is 9.64 Å². The van der Waals surface area contributed by atoms with Crippen molar-refractivity contribution in [3.63, 3.8) is 0 Å². The van der Waals surface area contributed by atoms with Crippen molar-refractivity contribution in [1.82, 2.24) is 9.88 Å². The fourth-order valence-electron chi connectivity index (χ4n) is 3.46. The number of benzene rings is 2. The number of anilines is 1. The second kappa shape index (κ2) is 9.90. The van der Waals surface area contributed by atoms with Gasteiger partial charge in [-0.1, -0.05) is 29.5 Å². The van der Waals surface area contributed by atoms with Crippen molar-refractivity contribution < 1.29 is 13.9 Å². The van der Waals surface area contributed by atoms with Crippen LogP contribution in [0.5, 0.6) is 5.75 Å². The lowest BCUT2D eigenvalue weighted by Gasteiger charge is -2.20. The van der Waals surface area contributed by atoms with Gasteiger partial charge in [-0.05, 0) is 64.2 Å². The summed E-state index contributed by atoms with van der Waals surface area (Å²) in [6.07, 6.45) is 0. The van der Waals surface area contributed by atoms with Crippen molar-refractivity contribution in [2.24, 2.45) is 0 Å². The standard InChI is InChI=1S/C24H27N3O3S.ClH/c1-6-29-18-9-7-8-17-14-19(30-22(17)18)23(28)27(13-12-26(4)5)24-25-21-16(3)15(2)10-11-20(21)31-24;/h7-11,14H,6,12-13H2,1-5H3;1H. The van der Waals surface area contributed by atoms with Gasteiger partial charge in [0.25, 0.3) is 5.91 Å². The van der Waals surface area contributed by atoms with E-state index < -0.39 is 0 Å². The van der Waals surface area contributed by atoms with Gasteiger partial charge in [0, 0.05) is 18.5 Å². The van der Waals surface area contributed by atoms with Crippen LogP contribution in [0.1, 0.15) is 28.6 Å².